The molecule has 0 radical (unpaired) electrons. The van der Waals surface area contributed by atoms with Gasteiger partial charge < -0.3 is 19.5 Å². The molecule has 2 fully saturated rings. The average molecular weight is 377 g/mol. The molecule has 2 heterocycles. The van der Waals surface area contributed by atoms with E-state index in [9.17, 15) is 4.79 Å². The zero-order chi connectivity index (χ0) is 19.1. The van der Waals surface area contributed by atoms with Gasteiger partial charge in [-0.2, -0.15) is 0 Å². The van der Waals surface area contributed by atoms with E-state index in [1.807, 2.05) is 24.3 Å². The van der Waals surface area contributed by atoms with Crippen molar-refractivity contribution in [2.24, 2.45) is 0 Å². The molecule has 1 aromatic heterocycles. The minimum absolute atomic E-state index is 0.000836. The number of benzene rings is 2. The summed E-state index contributed by atoms with van der Waals surface area (Å²) in [6.45, 7) is 5.12. The van der Waals surface area contributed by atoms with E-state index < -0.39 is 0 Å². The molecular weight excluding hydrogens is 354 g/mol. The molecule has 2 aliphatic rings. The Morgan fingerprint density at radius 3 is 2.75 bits per heavy atom. The fourth-order valence-electron chi connectivity index (χ4n) is 3.67. The first kappa shape index (κ1) is 17.3. The number of aromatic nitrogens is 1. The van der Waals surface area contributed by atoms with Crippen LogP contribution in [-0.2, 0) is 4.74 Å². The van der Waals surface area contributed by atoms with Gasteiger partial charge in [0.15, 0.2) is 11.4 Å². The molecule has 144 valence electrons. The lowest BCUT2D eigenvalue weighted by Gasteiger charge is -2.26. The highest BCUT2D eigenvalue weighted by Gasteiger charge is 2.24. The lowest BCUT2D eigenvalue weighted by Crippen LogP contribution is -2.36. The van der Waals surface area contributed by atoms with Crippen molar-refractivity contribution >= 4 is 22.7 Å². The van der Waals surface area contributed by atoms with Crippen LogP contribution in [0.15, 0.2) is 40.9 Å². The SMILES string of the molecule is Cc1ccc(C(=O)NC2CC2)cc1-c1ccc2c(N3CCOCC3)noc2c1. The molecule has 2 aromatic carbocycles. The molecule has 1 saturated carbocycles. The summed E-state index contributed by atoms with van der Waals surface area (Å²) >= 11 is 0. The Morgan fingerprint density at radius 2 is 1.96 bits per heavy atom. The largest absolute Gasteiger partial charge is 0.378 e. The highest BCUT2D eigenvalue weighted by Crippen LogP contribution is 2.32. The summed E-state index contributed by atoms with van der Waals surface area (Å²) in [5.41, 5.74) is 4.63. The maximum Gasteiger partial charge on any atom is 0.251 e. The number of carbonyl (C=O) groups excluding carboxylic acids is 1. The second kappa shape index (κ2) is 6.95. The topological polar surface area (TPSA) is 67.6 Å². The number of amides is 1. The average Bonchev–Trinajstić information content (AvgIpc) is 3.44. The summed E-state index contributed by atoms with van der Waals surface area (Å²) in [4.78, 5) is 14.6. The normalized spacial score (nSPS) is 17.1. The standard InChI is InChI=1S/C22H23N3O3/c1-14-2-3-16(22(26)23-17-5-6-17)12-19(14)15-4-7-18-20(13-15)28-24-21(18)25-8-10-27-11-9-25/h2-4,7,12-13,17H,5-6,8-11H2,1H3,(H,23,26). The molecule has 1 amide bonds. The maximum absolute atomic E-state index is 12.4. The number of morpholine rings is 1. The van der Waals surface area contributed by atoms with Crippen molar-refractivity contribution in [3.63, 3.8) is 0 Å². The van der Waals surface area contributed by atoms with E-state index in [0.717, 1.165) is 59.4 Å². The smallest absolute Gasteiger partial charge is 0.251 e. The van der Waals surface area contributed by atoms with Crippen LogP contribution in [0.2, 0.25) is 0 Å². The number of nitrogens with zero attached hydrogens (tertiary/aromatic N) is 2. The zero-order valence-corrected chi connectivity index (χ0v) is 15.9. The number of nitrogens with one attached hydrogen (secondary N) is 1. The van der Waals surface area contributed by atoms with Gasteiger partial charge >= 0.3 is 0 Å². The van der Waals surface area contributed by atoms with Crippen molar-refractivity contribution in [2.75, 3.05) is 31.2 Å². The molecule has 6 heteroatoms. The first-order valence-corrected chi connectivity index (χ1v) is 9.83. The van der Waals surface area contributed by atoms with Crippen LogP contribution in [0.3, 0.4) is 0 Å². The van der Waals surface area contributed by atoms with Gasteiger partial charge in [0.25, 0.3) is 5.91 Å². The monoisotopic (exact) mass is 377 g/mol. The third-order valence-corrected chi connectivity index (χ3v) is 5.49. The summed E-state index contributed by atoms with van der Waals surface area (Å²) in [5, 5.41) is 8.35. The Labute approximate surface area is 163 Å². The van der Waals surface area contributed by atoms with Gasteiger partial charge in [0.2, 0.25) is 0 Å². The molecule has 5 rings (SSSR count). The van der Waals surface area contributed by atoms with Gasteiger partial charge in [0.1, 0.15) is 0 Å². The number of aryl methyl sites for hydroxylation is 1. The maximum atomic E-state index is 12.4. The van der Waals surface area contributed by atoms with E-state index in [1.165, 1.54) is 0 Å². The van der Waals surface area contributed by atoms with Crippen LogP contribution in [0.4, 0.5) is 5.82 Å². The van der Waals surface area contributed by atoms with Gasteiger partial charge in [-0.05, 0) is 60.7 Å². The van der Waals surface area contributed by atoms with Crippen molar-refractivity contribution in [3.8, 4) is 11.1 Å². The lowest BCUT2D eigenvalue weighted by atomic mass is 9.97. The summed E-state index contributed by atoms with van der Waals surface area (Å²) < 4.78 is 11.1. The first-order valence-electron chi connectivity index (χ1n) is 9.83. The van der Waals surface area contributed by atoms with Gasteiger partial charge in [-0.3, -0.25) is 4.79 Å². The Balaban J connectivity index is 1.48. The molecule has 1 aliphatic carbocycles. The van der Waals surface area contributed by atoms with Crippen molar-refractivity contribution in [2.45, 2.75) is 25.8 Å². The number of fused-ring (bicyclic) bond motifs is 1. The van der Waals surface area contributed by atoms with Gasteiger partial charge in [-0.1, -0.05) is 17.3 Å². The summed E-state index contributed by atoms with van der Waals surface area (Å²) in [5.74, 6) is 0.873. The molecule has 1 saturated heterocycles. The Bertz CT molecular complexity index is 1030. The van der Waals surface area contributed by atoms with Crippen LogP contribution in [0.5, 0.6) is 0 Å². The quantitative estimate of drug-likeness (QED) is 0.753. The van der Waals surface area contributed by atoms with Crippen molar-refractivity contribution in [1.29, 1.82) is 0 Å². The molecule has 28 heavy (non-hydrogen) atoms. The van der Waals surface area contributed by atoms with Crippen LogP contribution in [0.25, 0.3) is 22.1 Å². The minimum Gasteiger partial charge on any atom is -0.378 e. The van der Waals surface area contributed by atoms with Crippen LogP contribution in [0, 0.1) is 6.92 Å². The van der Waals surface area contributed by atoms with Crippen molar-refractivity contribution in [1.82, 2.24) is 10.5 Å². The van der Waals surface area contributed by atoms with Crippen LogP contribution >= 0.6 is 0 Å². The number of carbonyl (C=O) groups is 1. The van der Waals surface area contributed by atoms with Crippen molar-refractivity contribution in [3.05, 3.63) is 47.5 Å². The molecule has 3 aromatic rings. The fraction of sp³-hybridized carbons (Fsp3) is 0.364. The molecule has 1 N–H and O–H groups in total. The third-order valence-electron chi connectivity index (χ3n) is 5.49. The Morgan fingerprint density at radius 1 is 1.14 bits per heavy atom. The number of ether oxygens (including phenoxy) is 1. The van der Waals surface area contributed by atoms with Crippen molar-refractivity contribution < 1.29 is 14.1 Å². The highest BCUT2D eigenvalue weighted by molar-refractivity contribution is 5.97. The molecule has 0 spiro atoms. The Hall–Kier alpha value is -2.86. The van der Waals surface area contributed by atoms with E-state index in [4.69, 9.17) is 9.26 Å². The molecule has 0 unspecified atom stereocenters. The van der Waals surface area contributed by atoms with Gasteiger partial charge in [-0.15, -0.1) is 0 Å². The molecule has 1 aliphatic heterocycles. The third kappa shape index (κ3) is 3.24. The van der Waals surface area contributed by atoms with E-state index in [0.29, 0.717) is 24.8 Å². The summed E-state index contributed by atoms with van der Waals surface area (Å²) in [6, 6.07) is 12.4. The van der Waals surface area contributed by atoms with Crippen LogP contribution in [-0.4, -0.2) is 43.4 Å². The molecular formula is C22H23N3O3. The molecule has 0 atom stereocenters. The predicted molar refractivity (Wildman–Crippen MR) is 108 cm³/mol. The van der Waals surface area contributed by atoms with Gasteiger partial charge in [0.05, 0.1) is 18.6 Å². The number of hydrogen-bond acceptors (Lipinski definition) is 5. The number of rotatable bonds is 4. The Kier molecular flexibility index (Phi) is 4.28. The van der Waals surface area contributed by atoms with E-state index in [-0.39, 0.29) is 5.91 Å². The molecule has 0 bridgehead atoms. The number of anilines is 1. The van der Waals surface area contributed by atoms with Crippen LogP contribution < -0.4 is 10.2 Å². The van der Waals surface area contributed by atoms with E-state index in [2.05, 4.69) is 34.4 Å². The fourth-order valence-corrected chi connectivity index (χ4v) is 3.67. The van der Waals surface area contributed by atoms with Gasteiger partial charge in [0, 0.05) is 24.7 Å². The second-order valence-electron chi connectivity index (χ2n) is 7.59. The van der Waals surface area contributed by atoms with Crippen LogP contribution in [0.1, 0.15) is 28.8 Å². The highest BCUT2D eigenvalue weighted by atomic mass is 16.5. The zero-order valence-electron chi connectivity index (χ0n) is 15.9. The summed E-state index contributed by atoms with van der Waals surface area (Å²) in [6.07, 6.45) is 2.16. The predicted octanol–water partition coefficient (Wildman–Crippen LogP) is 3.53. The summed E-state index contributed by atoms with van der Waals surface area (Å²) in [7, 11) is 0. The number of hydrogen-bond donors (Lipinski definition) is 1. The molecule has 6 nitrogen and oxygen atoms in total. The minimum atomic E-state index is -0.000836. The van der Waals surface area contributed by atoms with E-state index in [1.54, 1.807) is 0 Å². The lowest BCUT2D eigenvalue weighted by molar-refractivity contribution is 0.0951. The second-order valence-corrected chi connectivity index (χ2v) is 7.59. The first-order chi connectivity index (χ1) is 13.7. The van der Waals surface area contributed by atoms with Gasteiger partial charge in [-0.25, -0.2) is 0 Å². The van der Waals surface area contributed by atoms with E-state index >= 15 is 0 Å².